The minimum Gasteiger partial charge on any atom is -0.496 e. The van der Waals surface area contributed by atoms with Crippen LogP contribution in [0.25, 0.3) is 12.2 Å². The Morgan fingerprint density at radius 1 is 0.525 bits per heavy atom. The Morgan fingerprint density at radius 3 is 1.12 bits per heavy atom. The van der Waals surface area contributed by atoms with Crippen LogP contribution in [0.5, 0.6) is 46.0 Å². The van der Waals surface area contributed by atoms with Crippen LogP contribution in [0.2, 0.25) is 0 Å². The number of amides is 2. The van der Waals surface area contributed by atoms with E-state index in [1.165, 1.54) is 118 Å². The number of aliphatic hydroxyl groups excluding tert-OH is 2. The molecule has 0 radical (unpaired) electrons. The highest BCUT2D eigenvalue weighted by atomic mass is 32.2. The number of ether oxygens (including phenoxy) is 8. The zero-order chi connectivity index (χ0) is 43.3. The Labute approximate surface area is 342 Å². The maximum Gasteiger partial charge on any atom is 0.250 e. The van der Waals surface area contributed by atoms with E-state index in [4.69, 9.17) is 37.9 Å². The summed E-state index contributed by atoms with van der Waals surface area (Å²) in [6.07, 6.45) is 5.95. The Kier molecular flexibility index (Phi) is 16.0. The van der Waals surface area contributed by atoms with Crippen molar-refractivity contribution in [3.05, 3.63) is 95.1 Å². The molecule has 316 valence electrons. The fourth-order valence-electron chi connectivity index (χ4n) is 6.12. The van der Waals surface area contributed by atoms with Gasteiger partial charge < -0.3 is 58.7 Å². The van der Waals surface area contributed by atoms with Gasteiger partial charge in [-0.3, -0.25) is 9.59 Å². The van der Waals surface area contributed by atoms with E-state index < -0.39 is 45.4 Å². The van der Waals surface area contributed by atoms with Crippen molar-refractivity contribution in [1.29, 1.82) is 0 Å². The van der Waals surface area contributed by atoms with E-state index in [0.29, 0.717) is 45.6 Å². The van der Waals surface area contributed by atoms with Crippen molar-refractivity contribution in [1.82, 2.24) is 0 Å². The van der Waals surface area contributed by atoms with Crippen molar-refractivity contribution in [2.24, 2.45) is 0 Å². The number of rotatable bonds is 20. The quantitative estimate of drug-likeness (QED) is 0.0899. The lowest BCUT2D eigenvalue weighted by molar-refractivity contribution is -0.119. The number of anilines is 2. The van der Waals surface area contributed by atoms with E-state index in [2.05, 4.69) is 10.6 Å². The number of aliphatic hydroxyl groups is 2. The zero-order valence-electron chi connectivity index (χ0n) is 33.9. The van der Waals surface area contributed by atoms with E-state index in [-0.39, 0.29) is 34.0 Å². The molecule has 4 rings (SSSR count). The van der Waals surface area contributed by atoms with Gasteiger partial charge in [0.05, 0.1) is 79.4 Å². The Morgan fingerprint density at radius 2 is 0.847 bits per heavy atom. The van der Waals surface area contributed by atoms with Gasteiger partial charge in [0.2, 0.25) is 11.8 Å². The van der Waals surface area contributed by atoms with E-state index in [1.807, 2.05) is 0 Å². The normalized spacial score (nSPS) is 12.4. The van der Waals surface area contributed by atoms with Gasteiger partial charge in [0, 0.05) is 24.3 Å². The first kappa shape index (κ1) is 45.3. The molecule has 2 atom stereocenters. The Balaban J connectivity index is 2.10. The summed E-state index contributed by atoms with van der Waals surface area (Å²) in [6.45, 7) is -1.69. The van der Waals surface area contributed by atoms with Crippen LogP contribution < -0.4 is 48.5 Å². The van der Waals surface area contributed by atoms with Crippen molar-refractivity contribution in [2.45, 2.75) is 10.5 Å². The molecule has 4 aromatic carbocycles. The average Bonchev–Trinajstić information content (AvgIpc) is 3.25. The molecule has 0 spiro atoms. The summed E-state index contributed by atoms with van der Waals surface area (Å²) in [5.74, 6) is 0.983. The molecular weight excluding hydrogens is 789 g/mol. The van der Waals surface area contributed by atoms with E-state index >= 15 is 8.42 Å². The zero-order valence-corrected chi connectivity index (χ0v) is 34.7. The van der Waals surface area contributed by atoms with Crippen molar-refractivity contribution in [2.75, 3.05) is 80.7 Å². The molecular formula is C42H48N2O14S. The fraction of sp³-hybridized carbons (Fsp3) is 0.286. The number of methoxy groups -OCH3 is 8. The number of benzene rings is 4. The largest absolute Gasteiger partial charge is 0.496 e. The summed E-state index contributed by atoms with van der Waals surface area (Å²) in [5, 5.41) is 21.2. The maximum atomic E-state index is 15.6. The molecule has 0 aromatic heterocycles. The first-order valence-corrected chi connectivity index (χ1v) is 19.3. The molecule has 0 aliphatic rings. The molecule has 4 N–H and O–H groups in total. The average molecular weight is 837 g/mol. The number of carbonyl (C=O) groups excluding carboxylic acids is 2. The molecule has 0 bridgehead atoms. The van der Waals surface area contributed by atoms with Gasteiger partial charge >= 0.3 is 0 Å². The molecule has 0 saturated carbocycles. The van der Waals surface area contributed by atoms with Crippen LogP contribution in [0.4, 0.5) is 11.4 Å². The summed E-state index contributed by atoms with van der Waals surface area (Å²) in [7, 11) is 6.94. The van der Waals surface area contributed by atoms with Crippen LogP contribution in [-0.2, 0) is 19.4 Å². The third-order valence-corrected chi connectivity index (χ3v) is 11.3. The highest BCUT2D eigenvalue weighted by Crippen LogP contribution is 2.44. The van der Waals surface area contributed by atoms with Gasteiger partial charge in [-0.15, -0.1) is 0 Å². The van der Waals surface area contributed by atoms with Crippen LogP contribution in [0.3, 0.4) is 0 Å². The second kappa shape index (κ2) is 20.8. The second-order valence-corrected chi connectivity index (χ2v) is 14.6. The predicted octanol–water partition coefficient (Wildman–Crippen LogP) is 5.24. The summed E-state index contributed by atoms with van der Waals surface area (Å²) in [6, 6.07) is 15.3. The standard InChI is InChI=1S/C42H48N2O14S/c1-51-27-19-35(55-5)29(36(20-27)56-6)11-15-39(25-9-13-33(53-3)31(17-25)43-41(47)23-45)59(49,50)40(26-10-14-34(54-4)32(18-26)44-42(48)24-46)16-12-30-37(57-7)21-28(52-2)22-38(30)58-8/h9-22,39-40,45-46H,23-24H2,1-8H3,(H,43,47)(H,44,48)/b15-11+,16-12+. The number of hydrogen-bond acceptors (Lipinski definition) is 14. The molecule has 17 heteroatoms. The fourth-order valence-corrected chi connectivity index (χ4v) is 8.08. The van der Waals surface area contributed by atoms with E-state index in [9.17, 15) is 19.8 Å². The van der Waals surface area contributed by atoms with Crippen molar-refractivity contribution in [3.8, 4) is 46.0 Å². The summed E-state index contributed by atoms with van der Waals surface area (Å²) < 4.78 is 75.5. The van der Waals surface area contributed by atoms with Gasteiger partial charge in [-0.05, 0) is 47.5 Å². The van der Waals surface area contributed by atoms with Gasteiger partial charge in [-0.1, -0.05) is 24.3 Å². The Hall–Kier alpha value is -6.43. The minimum absolute atomic E-state index is 0.0931. The lowest BCUT2D eigenvalue weighted by Crippen LogP contribution is -2.21. The smallest absolute Gasteiger partial charge is 0.250 e. The summed E-state index contributed by atoms with van der Waals surface area (Å²) in [4.78, 5) is 24.8. The number of nitrogens with one attached hydrogen (secondary N) is 2. The van der Waals surface area contributed by atoms with Gasteiger partial charge in [0.15, 0.2) is 9.84 Å². The first-order chi connectivity index (χ1) is 28.4. The number of sulfone groups is 1. The topological polar surface area (TPSA) is 207 Å². The number of carbonyl (C=O) groups is 2. The summed E-state index contributed by atoms with van der Waals surface area (Å²) >= 11 is 0. The van der Waals surface area contributed by atoms with Crippen LogP contribution in [-0.4, -0.2) is 101 Å². The molecule has 2 amide bonds. The molecule has 2 unspecified atom stereocenters. The molecule has 0 aliphatic carbocycles. The Bertz CT molecular complexity index is 2090. The monoisotopic (exact) mass is 836 g/mol. The van der Waals surface area contributed by atoms with Crippen LogP contribution in [0.1, 0.15) is 32.8 Å². The van der Waals surface area contributed by atoms with Crippen molar-refractivity contribution < 1.29 is 66.1 Å². The molecule has 0 fully saturated rings. The molecule has 0 saturated heterocycles. The lowest BCUT2D eigenvalue weighted by Gasteiger charge is -2.24. The molecule has 59 heavy (non-hydrogen) atoms. The van der Waals surface area contributed by atoms with Crippen LogP contribution in [0.15, 0.2) is 72.8 Å². The molecule has 0 heterocycles. The van der Waals surface area contributed by atoms with Crippen LogP contribution >= 0.6 is 0 Å². The first-order valence-electron chi connectivity index (χ1n) is 17.7. The third-order valence-electron chi connectivity index (χ3n) is 9.03. The summed E-state index contributed by atoms with van der Waals surface area (Å²) in [5.41, 5.74) is 1.32. The van der Waals surface area contributed by atoms with Gasteiger partial charge in [0.25, 0.3) is 0 Å². The van der Waals surface area contributed by atoms with Gasteiger partial charge in [-0.25, -0.2) is 8.42 Å². The van der Waals surface area contributed by atoms with Gasteiger partial charge in [-0.2, -0.15) is 0 Å². The number of hydrogen-bond donors (Lipinski definition) is 4. The highest BCUT2D eigenvalue weighted by molar-refractivity contribution is 7.92. The minimum atomic E-state index is -4.55. The second-order valence-electron chi connectivity index (χ2n) is 12.4. The molecule has 16 nitrogen and oxygen atoms in total. The maximum absolute atomic E-state index is 15.6. The van der Waals surface area contributed by atoms with Crippen molar-refractivity contribution in [3.63, 3.8) is 0 Å². The molecule has 4 aromatic rings. The highest BCUT2D eigenvalue weighted by Gasteiger charge is 2.35. The van der Waals surface area contributed by atoms with Gasteiger partial charge in [0.1, 0.15) is 69.7 Å². The lowest BCUT2D eigenvalue weighted by atomic mass is 10.1. The van der Waals surface area contributed by atoms with Crippen LogP contribution in [0, 0.1) is 0 Å². The SMILES string of the molecule is COc1cc(OC)c(/C=C/C(c2ccc(OC)c(NC(=O)CO)c2)S(=O)(=O)C(/C=C/c2c(OC)cc(OC)cc2OC)c2ccc(OC)c(NC(=O)CO)c2)c(OC)c1. The third kappa shape index (κ3) is 10.6. The molecule has 0 aliphatic heterocycles. The van der Waals surface area contributed by atoms with E-state index in [1.54, 1.807) is 24.3 Å². The van der Waals surface area contributed by atoms with E-state index in [0.717, 1.165) is 0 Å². The van der Waals surface area contributed by atoms with Crippen molar-refractivity contribution >= 4 is 45.2 Å². The predicted molar refractivity (Wildman–Crippen MR) is 222 cm³/mol.